The first-order chi connectivity index (χ1) is 7.52. The second-order valence-corrected chi connectivity index (χ2v) is 4.33. The summed E-state index contributed by atoms with van der Waals surface area (Å²) in [5.74, 6) is 1.55. The number of hydrogen-bond donors (Lipinski definition) is 1. The van der Waals surface area contributed by atoms with Crippen LogP contribution in [0.1, 0.15) is 26.3 Å². The molecule has 0 aliphatic heterocycles. The Balaban J connectivity index is 2.91. The summed E-state index contributed by atoms with van der Waals surface area (Å²) < 4.78 is 10.9. The summed E-state index contributed by atoms with van der Waals surface area (Å²) >= 11 is 0. The molecule has 3 nitrogen and oxygen atoms in total. The molecule has 1 rings (SSSR count). The van der Waals surface area contributed by atoms with Crippen LogP contribution in [0.2, 0.25) is 0 Å². The lowest BCUT2D eigenvalue weighted by atomic mass is 10.1. The first-order valence-electron chi connectivity index (χ1n) is 5.62. The number of benzene rings is 1. The van der Waals surface area contributed by atoms with E-state index in [1.807, 2.05) is 39.0 Å². The van der Waals surface area contributed by atoms with Gasteiger partial charge in [0.2, 0.25) is 0 Å². The van der Waals surface area contributed by atoms with Gasteiger partial charge in [-0.2, -0.15) is 0 Å². The second-order valence-electron chi connectivity index (χ2n) is 4.33. The van der Waals surface area contributed by atoms with E-state index in [0.717, 1.165) is 17.9 Å². The average molecular weight is 223 g/mol. The summed E-state index contributed by atoms with van der Waals surface area (Å²) in [5, 5.41) is 0. The molecule has 0 aliphatic rings. The molecular formula is C13H21NO2. The summed E-state index contributed by atoms with van der Waals surface area (Å²) in [6.07, 6.45) is 0.984. The van der Waals surface area contributed by atoms with Crippen LogP contribution < -0.4 is 15.2 Å². The summed E-state index contributed by atoms with van der Waals surface area (Å²) in [6.45, 7) is 5.99. The molecule has 90 valence electrons. The highest BCUT2D eigenvalue weighted by molar-refractivity contribution is 5.43. The van der Waals surface area contributed by atoms with Gasteiger partial charge in [-0.25, -0.2) is 0 Å². The van der Waals surface area contributed by atoms with Gasteiger partial charge in [0.25, 0.3) is 0 Å². The van der Waals surface area contributed by atoms with E-state index < -0.39 is 0 Å². The molecule has 2 N–H and O–H groups in total. The average Bonchev–Trinajstić information content (AvgIpc) is 2.16. The van der Waals surface area contributed by atoms with Crippen molar-refractivity contribution in [2.24, 2.45) is 5.73 Å². The Kier molecular flexibility index (Phi) is 4.62. The third-order valence-electron chi connectivity index (χ3n) is 2.15. The van der Waals surface area contributed by atoms with Gasteiger partial charge in [0.15, 0.2) is 11.5 Å². The maximum Gasteiger partial charge on any atom is 0.161 e. The van der Waals surface area contributed by atoms with Gasteiger partial charge in [0.05, 0.1) is 13.2 Å². The molecule has 0 aromatic heterocycles. The van der Waals surface area contributed by atoms with Crippen LogP contribution in [0.4, 0.5) is 0 Å². The molecular weight excluding hydrogens is 202 g/mol. The molecule has 0 radical (unpaired) electrons. The van der Waals surface area contributed by atoms with Gasteiger partial charge < -0.3 is 15.2 Å². The smallest absolute Gasteiger partial charge is 0.161 e. The Morgan fingerprint density at radius 1 is 1.19 bits per heavy atom. The van der Waals surface area contributed by atoms with Gasteiger partial charge in [-0.1, -0.05) is 6.07 Å². The lowest BCUT2D eigenvalue weighted by molar-refractivity contribution is 0.230. The Morgan fingerprint density at radius 2 is 1.88 bits per heavy atom. The molecule has 1 unspecified atom stereocenters. The number of hydrogen-bond acceptors (Lipinski definition) is 3. The number of rotatable bonds is 5. The van der Waals surface area contributed by atoms with Crippen LogP contribution in [0.5, 0.6) is 11.5 Å². The quantitative estimate of drug-likeness (QED) is 0.833. The van der Waals surface area contributed by atoms with E-state index in [4.69, 9.17) is 15.2 Å². The zero-order valence-electron chi connectivity index (χ0n) is 10.5. The topological polar surface area (TPSA) is 44.5 Å². The molecule has 0 saturated carbocycles. The zero-order valence-corrected chi connectivity index (χ0v) is 10.5. The van der Waals surface area contributed by atoms with E-state index >= 15 is 0 Å². The van der Waals surface area contributed by atoms with Crippen molar-refractivity contribution in [1.29, 1.82) is 0 Å². The SMILES string of the molecule is COc1ccc(CC(C)N)cc1OC(C)C. The minimum absolute atomic E-state index is 0.138. The molecule has 0 amide bonds. The molecule has 0 heterocycles. The zero-order chi connectivity index (χ0) is 12.1. The lowest BCUT2D eigenvalue weighted by Crippen LogP contribution is -2.17. The Bertz CT molecular complexity index is 335. The monoisotopic (exact) mass is 223 g/mol. The maximum atomic E-state index is 5.77. The standard InChI is InChI=1S/C13H21NO2/c1-9(2)16-13-8-11(7-10(3)14)5-6-12(13)15-4/h5-6,8-10H,7,14H2,1-4H3. The third-order valence-corrected chi connectivity index (χ3v) is 2.15. The summed E-state index contributed by atoms with van der Waals surface area (Å²) in [6, 6.07) is 6.10. The van der Waals surface area contributed by atoms with Crippen LogP contribution >= 0.6 is 0 Å². The fourth-order valence-corrected chi connectivity index (χ4v) is 1.57. The lowest BCUT2D eigenvalue weighted by Gasteiger charge is -2.15. The predicted octanol–water partition coefficient (Wildman–Crippen LogP) is 2.37. The normalized spacial score (nSPS) is 12.6. The molecule has 1 atom stereocenters. The van der Waals surface area contributed by atoms with Crippen LogP contribution in [0, 0.1) is 0 Å². The van der Waals surface area contributed by atoms with E-state index in [-0.39, 0.29) is 12.1 Å². The van der Waals surface area contributed by atoms with Gasteiger partial charge in [0, 0.05) is 6.04 Å². The third kappa shape index (κ3) is 3.74. The first kappa shape index (κ1) is 12.8. The van der Waals surface area contributed by atoms with Crippen molar-refractivity contribution >= 4 is 0 Å². The van der Waals surface area contributed by atoms with Crippen molar-refractivity contribution in [1.82, 2.24) is 0 Å². The van der Waals surface area contributed by atoms with Gasteiger partial charge in [0.1, 0.15) is 0 Å². The second kappa shape index (κ2) is 5.75. The molecule has 0 bridgehead atoms. The van der Waals surface area contributed by atoms with E-state index in [0.29, 0.717) is 0 Å². The number of nitrogens with two attached hydrogens (primary N) is 1. The molecule has 0 saturated heterocycles. The minimum atomic E-state index is 0.138. The molecule has 0 spiro atoms. The Morgan fingerprint density at radius 3 is 2.38 bits per heavy atom. The Labute approximate surface area is 97.6 Å². The van der Waals surface area contributed by atoms with Crippen molar-refractivity contribution < 1.29 is 9.47 Å². The summed E-state index contributed by atoms with van der Waals surface area (Å²) in [4.78, 5) is 0. The van der Waals surface area contributed by atoms with Crippen molar-refractivity contribution in [2.45, 2.75) is 39.3 Å². The van der Waals surface area contributed by atoms with Crippen molar-refractivity contribution in [3.63, 3.8) is 0 Å². The van der Waals surface area contributed by atoms with Crippen LogP contribution in [0.25, 0.3) is 0 Å². The molecule has 1 aromatic rings. The van der Waals surface area contributed by atoms with E-state index in [9.17, 15) is 0 Å². The molecule has 3 heteroatoms. The largest absolute Gasteiger partial charge is 0.493 e. The highest BCUT2D eigenvalue weighted by Crippen LogP contribution is 2.29. The van der Waals surface area contributed by atoms with Crippen LogP contribution in [-0.2, 0) is 6.42 Å². The maximum absolute atomic E-state index is 5.77. The van der Waals surface area contributed by atoms with E-state index in [1.165, 1.54) is 5.56 Å². The molecule has 16 heavy (non-hydrogen) atoms. The fraction of sp³-hybridized carbons (Fsp3) is 0.538. The predicted molar refractivity (Wildman–Crippen MR) is 66.1 cm³/mol. The molecule has 0 fully saturated rings. The van der Waals surface area contributed by atoms with Crippen LogP contribution in [0.3, 0.4) is 0 Å². The van der Waals surface area contributed by atoms with E-state index in [2.05, 4.69) is 0 Å². The van der Waals surface area contributed by atoms with Crippen molar-refractivity contribution in [3.8, 4) is 11.5 Å². The van der Waals surface area contributed by atoms with Crippen molar-refractivity contribution in [3.05, 3.63) is 23.8 Å². The van der Waals surface area contributed by atoms with Gasteiger partial charge in [-0.05, 0) is 44.9 Å². The highest BCUT2D eigenvalue weighted by atomic mass is 16.5. The summed E-state index contributed by atoms with van der Waals surface area (Å²) in [5.41, 5.74) is 6.95. The highest BCUT2D eigenvalue weighted by Gasteiger charge is 2.08. The first-order valence-corrected chi connectivity index (χ1v) is 5.62. The molecule has 0 aliphatic carbocycles. The fourth-order valence-electron chi connectivity index (χ4n) is 1.57. The van der Waals surface area contributed by atoms with E-state index in [1.54, 1.807) is 7.11 Å². The minimum Gasteiger partial charge on any atom is -0.493 e. The van der Waals surface area contributed by atoms with Crippen molar-refractivity contribution in [2.75, 3.05) is 7.11 Å². The number of methoxy groups -OCH3 is 1. The van der Waals surface area contributed by atoms with Gasteiger partial charge in [-0.3, -0.25) is 0 Å². The summed E-state index contributed by atoms with van der Waals surface area (Å²) in [7, 11) is 1.65. The van der Waals surface area contributed by atoms with Crippen LogP contribution in [-0.4, -0.2) is 19.3 Å². The van der Waals surface area contributed by atoms with Crippen LogP contribution in [0.15, 0.2) is 18.2 Å². The Hall–Kier alpha value is -1.22. The van der Waals surface area contributed by atoms with Gasteiger partial charge >= 0.3 is 0 Å². The van der Waals surface area contributed by atoms with Gasteiger partial charge in [-0.15, -0.1) is 0 Å². The molecule has 1 aromatic carbocycles. The number of ether oxygens (including phenoxy) is 2.